The Morgan fingerprint density at radius 2 is 1.12 bits per heavy atom. The number of methoxy groups -OCH3 is 2. The number of hydrogen-bond acceptors (Lipinski definition) is 22. The van der Waals surface area contributed by atoms with Gasteiger partial charge in [-0.2, -0.15) is 0 Å². The molecule has 0 aliphatic carbocycles. The van der Waals surface area contributed by atoms with Crippen molar-refractivity contribution in [1.82, 2.24) is 0 Å². The van der Waals surface area contributed by atoms with Gasteiger partial charge in [0.2, 0.25) is 0 Å². The van der Waals surface area contributed by atoms with E-state index in [0.717, 1.165) is 14.2 Å². The average Bonchev–Trinajstić information content (AvgIpc) is 3.12. The van der Waals surface area contributed by atoms with E-state index in [1.807, 2.05) is 0 Å². The highest BCUT2D eigenvalue weighted by Gasteiger charge is 2.55. The number of aliphatic hydroxyl groups excluding tert-OH is 10. The minimum atomic E-state index is -2.02. The maximum absolute atomic E-state index is 12.6. The molecular weight excluding hydrogens is 700 g/mol. The van der Waals surface area contributed by atoms with Gasteiger partial charge in [0.25, 0.3) is 0 Å². The standard InChI is InChI=1S/C29H48O22/c1-4-5-44-27-17(37)15(35)20(12(8-31)47-27)48-29-19(39)21(18(38)23(51-29)25(41)43-3)49-26-9(32)6-10(11(7-30)46-26)45-28-16(36)13(33)14(34)22(50-28)24(40)42-2/h9-23,26-39H,4-8H2,1-3H3. The van der Waals surface area contributed by atoms with Gasteiger partial charge in [0.15, 0.2) is 37.4 Å². The van der Waals surface area contributed by atoms with Crippen molar-refractivity contribution in [3.05, 3.63) is 0 Å². The maximum atomic E-state index is 12.6. The summed E-state index contributed by atoms with van der Waals surface area (Å²) < 4.78 is 53.6. The number of aliphatic hydroxyl groups is 10. The van der Waals surface area contributed by atoms with Crippen LogP contribution in [0.15, 0.2) is 0 Å². The molecule has 4 fully saturated rings. The Hall–Kier alpha value is -1.78. The summed E-state index contributed by atoms with van der Waals surface area (Å²) in [5.41, 5.74) is 0. The number of ether oxygens (including phenoxy) is 10. The van der Waals surface area contributed by atoms with Crippen LogP contribution in [-0.4, -0.2) is 214 Å². The van der Waals surface area contributed by atoms with Crippen molar-refractivity contribution in [3.63, 3.8) is 0 Å². The second-order valence-electron chi connectivity index (χ2n) is 12.3. The molecule has 4 rings (SSSR count). The molecule has 4 aliphatic heterocycles. The normalized spacial score (nSPS) is 46.3. The average molecular weight is 749 g/mol. The number of esters is 2. The Kier molecular flexibility index (Phi) is 15.2. The number of carbonyl (C=O) groups excluding carboxylic acids is 2. The summed E-state index contributed by atoms with van der Waals surface area (Å²) in [6, 6.07) is 0. The van der Waals surface area contributed by atoms with Crippen LogP contribution >= 0.6 is 0 Å². The van der Waals surface area contributed by atoms with E-state index in [4.69, 9.17) is 37.9 Å². The minimum absolute atomic E-state index is 0.152. The van der Waals surface area contributed by atoms with E-state index in [9.17, 15) is 60.7 Å². The van der Waals surface area contributed by atoms with Crippen LogP contribution in [0.1, 0.15) is 19.8 Å². The fourth-order valence-electron chi connectivity index (χ4n) is 6.04. The third-order valence-corrected chi connectivity index (χ3v) is 8.87. The van der Waals surface area contributed by atoms with Gasteiger partial charge in [-0.25, -0.2) is 9.59 Å². The molecule has 22 heteroatoms. The van der Waals surface area contributed by atoms with Crippen molar-refractivity contribution in [3.8, 4) is 0 Å². The Bertz CT molecular complexity index is 1110. The van der Waals surface area contributed by atoms with Gasteiger partial charge in [-0.1, -0.05) is 6.92 Å². The summed E-state index contributed by atoms with van der Waals surface area (Å²) in [5, 5.41) is 106. The van der Waals surface area contributed by atoms with Crippen molar-refractivity contribution in [2.45, 2.75) is 136 Å². The van der Waals surface area contributed by atoms with Gasteiger partial charge < -0.3 is 98.4 Å². The summed E-state index contributed by atoms with van der Waals surface area (Å²) in [6.45, 7) is 0.374. The van der Waals surface area contributed by atoms with E-state index in [1.54, 1.807) is 6.92 Å². The first kappa shape index (κ1) is 42.0. The topological polar surface area (TPSA) is 329 Å². The summed E-state index contributed by atoms with van der Waals surface area (Å²) in [5.74, 6) is -2.24. The Balaban J connectivity index is 1.49. The number of hydrogen-bond donors (Lipinski definition) is 10. The lowest BCUT2D eigenvalue weighted by atomic mass is 9.96. The molecule has 0 spiro atoms. The predicted octanol–water partition coefficient (Wildman–Crippen LogP) is -6.92. The highest BCUT2D eigenvalue weighted by Crippen LogP contribution is 2.34. The van der Waals surface area contributed by atoms with Crippen LogP contribution in [-0.2, 0) is 57.0 Å². The summed E-state index contributed by atoms with van der Waals surface area (Å²) in [7, 11) is 1.97. The van der Waals surface area contributed by atoms with Crippen molar-refractivity contribution in [1.29, 1.82) is 0 Å². The third kappa shape index (κ3) is 9.13. The summed E-state index contributed by atoms with van der Waals surface area (Å²) >= 11 is 0. The minimum Gasteiger partial charge on any atom is -0.467 e. The van der Waals surface area contributed by atoms with E-state index < -0.39 is 148 Å². The van der Waals surface area contributed by atoms with Crippen LogP contribution in [0, 0.1) is 0 Å². The van der Waals surface area contributed by atoms with E-state index in [1.165, 1.54) is 0 Å². The highest BCUT2D eigenvalue weighted by molar-refractivity contribution is 5.76. The fourth-order valence-corrected chi connectivity index (χ4v) is 6.04. The quantitative estimate of drug-likeness (QED) is 0.0782. The van der Waals surface area contributed by atoms with Gasteiger partial charge in [-0.15, -0.1) is 0 Å². The smallest absolute Gasteiger partial charge is 0.337 e. The summed E-state index contributed by atoms with van der Waals surface area (Å²) in [4.78, 5) is 24.6. The Morgan fingerprint density at radius 3 is 1.69 bits per heavy atom. The van der Waals surface area contributed by atoms with Crippen molar-refractivity contribution >= 4 is 11.9 Å². The molecule has 4 heterocycles. The number of rotatable bonds is 13. The number of carbonyl (C=O) groups is 2. The van der Waals surface area contributed by atoms with Gasteiger partial charge in [0.1, 0.15) is 73.2 Å². The second kappa shape index (κ2) is 18.5. The molecule has 0 aromatic carbocycles. The van der Waals surface area contributed by atoms with Crippen LogP contribution in [0.25, 0.3) is 0 Å². The van der Waals surface area contributed by atoms with E-state index in [-0.39, 0.29) is 6.61 Å². The van der Waals surface area contributed by atoms with Gasteiger partial charge >= 0.3 is 11.9 Å². The zero-order valence-corrected chi connectivity index (χ0v) is 27.9. The molecule has 0 saturated carbocycles. The van der Waals surface area contributed by atoms with Crippen LogP contribution in [0.4, 0.5) is 0 Å². The molecule has 10 N–H and O–H groups in total. The van der Waals surface area contributed by atoms with Crippen molar-refractivity contribution in [2.24, 2.45) is 0 Å². The molecule has 19 atom stereocenters. The van der Waals surface area contributed by atoms with Crippen LogP contribution < -0.4 is 0 Å². The zero-order valence-electron chi connectivity index (χ0n) is 27.9. The van der Waals surface area contributed by atoms with Gasteiger partial charge in [0.05, 0.1) is 33.5 Å². The maximum Gasteiger partial charge on any atom is 0.337 e. The van der Waals surface area contributed by atoms with Gasteiger partial charge in [-0.3, -0.25) is 0 Å². The van der Waals surface area contributed by atoms with Crippen LogP contribution in [0.3, 0.4) is 0 Å². The molecule has 0 aromatic rings. The Labute approximate surface area is 290 Å². The van der Waals surface area contributed by atoms with Crippen molar-refractivity contribution < 1.29 is 108 Å². The Morgan fingerprint density at radius 1 is 0.588 bits per heavy atom. The van der Waals surface area contributed by atoms with Gasteiger partial charge in [-0.05, 0) is 6.42 Å². The predicted molar refractivity (Wildman–Crippen MR) is 156 cm³/mol. The molecule has 0 aromatic heterocycles. The van der Waals surface area contributed by atoms with E-state index in [2.05, 4.69) is 9.47 Å². The second-order valence-corrected chi connectivity index (χ2v) is 12.3. The molecule has 22 nitrogen and oxygen atoms in total. The molecule has 4 aliphatic rings. The third-order valence-electron chi connectivity index (χ3n) is 8.87. The zero-order chi connectivity index (χ0) is 37.7. The van der Waals surface area contributed by atoms with E-state index in [0.29, 0.717) is 6.42 Å². The lowest BCUT2D eigenvalue weighted by molar-refractivity contribution is -0.377. The lowest BCUT2D eigenvalue weighted by Gasteiger charge is -2.48. The highest BCUT2D eigenvalue weighted by atomic mass is 16.8. The van der Waals surface area contributed by atoms with Gasteiger partial charge in [0, 0.05) is 13.0 Å². The molecule has 296 valence electrons. The van der Waals surface area contributed by atoms with Crippen LogP contribution in [0.2, 0.25) is 0 Å². The van der Waals surface area contributed by atoms with Crippen LogP contribution in [0.5, 0.6) is 0 Å². The molecule has 0 radical (unpaired) electrons. The first-order valence-corrected chi connectivity index (χ1v) is 16.2. The first-order valence-electron chi connectivity index (χ1n) is 16.2. The molecular formula is C29H48O22. The monoisotopic (exact) mass is 748 g/mol. The van der Waals surface area contributed by atoms with Crippen molar-refractivity contribution in [2.75, 3.05) is 34.0 Å². The van der Waals surface area contributed by atoms with E-state index >= 15 is 0 Å². The molecule has 0 bridgehead atoms. The molecule has 51 heavy (non-hydrogen) atoms. The largest absolute Gasteiger partial charge is 0.467 e. The SMILES string of the molecule is CCCOC1OC(CO)C(OC2OC(C(=O)OC)C(O)C(OC3OC(CO)C(OC4OC(C(=O)OC)C(O)C(O)C4O)CC3O)C2O)C(O)C1O. The molecule has 19 unspecified atom stereocenters. The molecule has 4 saturated heterocycles. The fraction of sp³-hybridized carbons (Fsp3) is 0.931. The first-order chi connectivity index (χ1) is 24.2. The summed E-state index contributed by atoms with van der Waals surface area (Å²) in [6.07, 6.45) is -32.7. The molecule has 0 amide bonds. The lowest BCUT2D eigenvalue weighted by Crippen LogP contribution is -2.66.